The van der Waals surface area contributed by atoms with Gasteiger partial charge in [0.15, 0.2) is 5.82 Å². The molecular formula is C14H12N4O2S. The third-order valence-electron chi connectivity index (χ3n) is 3.51. The lowest BCUT2D eigenvalue weighted by Crippen LogP contribution is -2.15. The van der Waals surface area contributed by atoms with E-state index in [1.54, 1.807) is 17.6 Å². The Kier molecular flexibility index (Phi) is 2.85. The Morgan fingerprint density at radius 1 is 1.43 bits per heavy atom. The molecule has 7 heteroatoms. The highest BCUT2D eigenvalue weighted by Crippen LogP contribution is 2.48. The van der Waals surface area contributed by atoms with Crippen molar-refractivity contribution in [3.8, 4) is 10.7 Å². The lowest BCUT2D eigenvalue weighted by atomic mass is 10.2. The number of amides is 1. The Bertz CT molecular complexity index is 748. The van der Waals surface area contributed by atoms with E-state index in [4.69, 9.17) is 4.42 Å². The van der Waals surface area contributed by atoms with Crippen LogP contribution in [-0.4, -0.2) is 21.1 Å². The SMILES string of the molecule is O=C(Nc1n[nH]c(-c2cccs2)n1)[C@@H]1C[C@@H]1c1ccco1. The van der Waals surface area contributed by atoms with Crippen molar-refractivity contribution in [2.24, 2.45) is 5.92 Å². The molecule has 4 rings (SSSR count). The summed E-state index contributed by atoms with van der Waals surface area (Å²) < 4.78 is 5.33. The molecule has 0 spiro atoms. The molecule has 0 saturated heterocycles. The molecule has 1 amide bonds. The summed E-state index contributed by atoms with van der Waals surface area (Å²) in [6.07, 6.45) is 2.44. The van der Waals surface area contributed by atoms with Crippen LogP contribution in [0.25, 0.3) is 10.7 Å². The summed E-state index contributed by atoms with van der Waals surface area (Å²) in [7, 11) is 0. The largest absolute Gasteiger partial charge is 0.469 e. The predicted molar refractivity (Wildman–Crippen MR) is 77.9 cm³/mol. The topological polar surface area (TPSA) is 83.8 Å². The maximum Gasteiger partial charge on any atom is 0.249 e. The number of furan rings is 1. The second-order valence-electron chi connectivity index (χ2n) is 4.94. The van der Waals surface area contributed by atoms with Crippen LogP contribution in [0.5, 0.6) is 0 Å². The second kappa shape index (κ2) is 4.85. The molecular weight excluding hydrogens is 288 g/mol. The Balaban J connectivity index is 1.42. The fraction of sp³-hybridized carbons (Fsp3) is 0.214. The summed E-state index contributed by atoms with van der Waals surface area (Å²) in [6, 6.07) is 7.63. The average Bonchev–Trinajstić information content (AvgIpc) is 2.99. The number of rotatable bonds is 4. The first-order valence-corrected chi connectivity index (χ1v) is 7.50. The van der Waals surface area contributed by atoms with Gasteiger partial charge in [-0.1, -0.05) is 6.07 Å². The minimum Gasteiger partial charge on any atom is -0.469 e. The lowest BCUT2D eigenvalue weighted by Gasteiger charge is -1.98. The van der Waals surface area contributed by atoms with Crippen LogP contribution < -0.4 is 5.32 Å². The molecule has 0 bridgehead atoms. The van der Waals surface area contributed by atoms with Gasteiger partial charge in [0.1, 0.15) is 5.76 Å². The zero-order valence-corrected chi connectivity index (χ0v) is 11.8. The van der Waals surface area contributed by atoms with Gasteiger partial charge in [-0.05, 0) is 30.0 Å². The van der Waals surface area contributed by atoms with Gasteiger partial charge in [-0.3, -0.25) is 15.2 Å². The van der Waals surface area contributed by atoms with E-state index in [-0.39, 0.29) is 17.7 Å². The first-order chi connectivity index (χ1) is 10.3. The van der Waals surface area contributed by atoms with Gasteiger partial charge in [0.25, 0.3) is 0 Å². The molecule has 2 atom stereocenters. The van der Waals surface area contributed by atoms with Crippen molar-refractivity contribution in [2.45, 2.75) is 12.3 Å². The summed E-state index contributed by atoms with van der Waals surface area (Å²) in [6.45, 7) is 0. The minimum atomic E-state index is -0.0619. The first-order valence-electron chi connectivity index (χ1n) is 6.62. The molecule has 1 fully saturated rings. The monoisotopic (exact) mass is 300 g/mol. The van der Waals surface area contributed by atoms with E-state index in [0.717, 1.165) is 17.1 Å². The molecule has 3 aromatic rings. The number of anilines is 1. The number of carbonyl (C=O) groups excluding carboxylic acids is 1. The van der Waals surface area contributed by atoms with E-state index < -0.39 is 0 Å². The van der Waals surface area contributed by atoms with Crippen LogP contribution in [0.4, 0.5) is 5.95 Å². The number of hydrogen-bond donors (Lipinski definition) is 2. The average molecular weight is 300 g/mol. The number of carbonyl (C=O) groups is 1. The number of aromatic nitrogens is 3. The number of nitrogens with one attached hydrogen (secondary N) is 2. The summed E-state index contributed by atoms with van der Waals surface area (Å²) in [5, 5.41) is 11.6. The Morgan fingerprint density at radius 3 is 3.14 bits per heavy atom. The number of aromatic amines is 1. The van der Waals surface area contributed by atoms with Crippen molar-refractivity contribution in [1.82, 2.24) is 15.2 Å². The van der Waals surface area contributed by atoms with Crippen molar-refractivity contribution < 1.29 is 9.21 Å². The molecule has 1 aliphatic rings. The number of hydrogen-bond acceptors (Lipinski definition) is 5. The predicted octanol–water partition coefficient (Wildman–Crippen LogP) is 2.87. The molecule has 3 heterocycles. The molecule has 1 saturated carbocycles. The van der Waals surface area contributed by atoms with Crippen LogP contribution in [-0.2, 0) is 4.79 Å². The van der Waals surface area contributed by atoms with Gasteiger partial charge in [-0.2, -0.15) is 4.98 Å². The zero-order chi connectivity index (χ0) is 14.2. The summed E-state index contributed by atoms with van der Waals surface area (Å²) >= 11 is 1.57. The molecule has 6 nitrogen and oxygen atoms in total. The van der Waals surface area contributed by atoms with E-state index in [1.165, 1.54) is 0 Å². The van der Waals surface area contributed by atoms with Crippen LogP contribution >= 0.6 is 11.3 Å². The smallest absolute Gasteiger partial charge is 0.249 e. The normalized spacial score (nSPS) is 20.4. The Labute approximate surface area is 124 Å². The van der Waals surface area contributed by atoms with Crippen molar-refractivity contribution in [3.63, 3.8) is 0 Å². The highest BCUT2D eigenvalue weighted by Gasteiger charge is 2.46. The molecule has 106 valence electrons. The van der Waals surface area contributed by atoms with Crippen LogP contribution in [0.15, 0.2) is 40.3 Å². The molecule has 3 aromatic heterocycles. The van der Waals surface area contributed by atoms with Gasteiger partial charge >= 0.3 is 0 Å². The fourth-order valence-corrected chi connectivity index (χ4v) is 3.01. The second-order valence-corrected chi connectivity index (χ2v) is 5.89. The van der Waals surface area contributed by atoms with E-state index in [2.05, 4.69) is 20.5 Å². The molecule has 21 heavy (non-hydrogen) atoms. The third kappa shape index (κ3) is 2.36. The van der Waals surface area contributed by atoms with E-state index in [0.29, 0.717) is 11.8 Å². The van der Waals surface area contributed by atoms with Crippen LogP contribution in [0, 0.1) is 5.92 Å². The maximum atomic E-state index is 12.1. The molecule has 1 aliphatic carbocycles. The zero-order valence-electron chi connectivity index (χ0n) is 10.9. The third-order valence-corrected chi connectivity index (χ3v) is 4.39. The molecule has 0 unspecified atom stereocenters. The minimum absolute atomic E-state index is 0.0557. The molecule has 0 radical (unpaired) electrons. The quantitative estimate of drug-likeness (QED) is 0.776. The number of nitrogens with zero attached hydrogens (tertiary/aromatic N) is 2. The van der Waals surface area contributed by atoms with E-state index >= 15 is 0 Å². The van der Waals surface area contributed by atoms with Crippen molar-refractivity contribution in [1.29, 1.82) is 0 Å². The summed E-state index contributed by atoms with van der Waals surface area (Å²) in [5.41, 5.74) is 0. The van der Waals surface area contributed by atoms with Gasteiger partial charge in [0.05, 0.1) is 11.1 Å². The standard InChI is InChI=1S/C14H12N4O2S/c19-13(9-7-8(9)10-3-1-5-20-10)16-14-15-12(17-18-14)11-4-2-6-21-11/h1-6,8-9H,7H2,(H2,15,16,17,18,19)/t8-,9+/m0/s1. The van der Waals surface area contributed by atoms with Crippen molar-refractivity contribution >= 4 is 23.2 Å². The van der Waals surface area contributed by atoms with Gasteiger partial charge in [0.2, 0.25) is 11.9 Å². The fourth-order valence-electron chi connectivity index (χ4n) is 2.35. The highest BCUT2D eigenvalue weighted by molar-refractivity contribution is 7.13. The van der Waals surface area contributed by atoms with Crippen molar-refractivity contribution in [3.05, 3.63) is 41.7 Å². The van der Waals surface area contributed by atoms with Crippen LogP contribution in [0.3, 0.4) is 0 Å². The molecule has 2 N–H and O–H groups in total. The van der Waals surface area contributed by atoms with E-state index in [1.807, 2.05) is 29.6 Å². The van der Waals surface area contributed by atoms with Crippen LogP contribution in [0.1, 0.15) is 18.1 Å². The lowest BCUT2D eigenvalue weighted by molar-refractivity contribution is -0.117. The Hall–Kier alpha value is -2.41. The Morgan fingerprint density at radius 2 is 2.38 bits per heavy atom. The molecule has 0 aliphatic heterocycles. The van der Waals surface area contributed by atoms with Crippen LogP contribution in [0.2, 0.25) is 0 Å². The first kappa shape index (κ1) is 12.3. The number of H-pyrrole nitrogens is 1. The van der Waals surface area contributed by atoms with Gasteiger partial charge in [-0.15, -0.1) is 16.4 Å². The van der Waals surface area contributed by atoms with Gasteiger partial charge in [0, 0.05) is 11.8 Å². The van der Waals surface area contributed by atoms with Gasteiger partial charge in [-0.25, -0.2) is 0 Å². The van der Waals surface area contributed by atoms with Gasteiger partial charge < -0.3 is 4.42 Å². The molecule has 0 aromatic carbocycles. The van der Waals surface area contributed by atoms with Crippen molar-refractivity contribution in [2.75, 3.05) is 5.32 Å². The summed E-state index contributed by atoms with van der Waals surface area (Å²) in [4.78, 5) is 17.4. The van der Waals surface area contributed by atoms with E-state index in [9.17, 15) is 4.79 Å². The number of thiophene rings is 1. The summed E-state index contributed by atoms with van der Waals surface area (Å²) in [5.74, 6) is 1.90. The highest BCUT2D eigenvalue weighted by atomic mass is 32.1. The maximum absolute atomic E-state index is 12.1.